The molecular formula is C19H19N5O2S2. The fraction of sp³-hybridized carbons (Fsp3) is 0.158. The maximum Gasteiger partial charge on any atom is 0.269 e. The molecule has 0 aliphatic rings. The maximum absolute atomic E-state index is 12.2. The average molecular weight is 414 g/mol. The second-order valence-electron chi connectivity index (χ2n) is 5.78. The monoisotopic (exact) mass is 413 g/mol. The van der Waals surface area contributed by atoms with Gasteiger partial charge in [0.1, 0.15) is 0 Å². The lowest BCUT2D eigenvalue weighted by atomic mass is 10.2. The third kappa shape index (κ3) is 5.80. The van der Waals surface area contributed by atoms with Crippen molar-refractivity contribution >= 4 is 40.0 Å². The summed E-state index contributed by atoms with van der Waals surface area (Å²) in [5, 5.41) is 11.7. The van der Waals surface area contributed by atoms with Crippen LogP contribution in [0.4, 0.5) is 5.13 Å². The van der Waals surface area contributed by atoms with E-state index in [-0.39, 0.29) is 11.8 Å². The summed E-state index contributed by atoms with van der Waals surface area (Å²) in [5.41, 5.74) is 6.47. The molecule has 0 bridgehead atoms. The van der Waals surface area contributed by atoms with Gasteiger partial charge in [-0.1, -0.05) is 71.6 Å². The van der Waals surface area contributed by atoms with Gasteiger partial charge < -0.3 is 5.32 Å². The van der Waals surface area contributed by atoms with Crippen LogP contribution in [0.5, 0.6) is 0 Å². The molecule has 0 saturated carbocycles. The highest BCUT2D eigenvalue weighted by Gasteiger charge is 2.18. The van der Waals surface area contributed by atoms with E-state index in [9.17, 15) is 9.59 Å². The van der Waals surface area contributed by atoms with Crippen LogP contribution in [0, 0.1) is 0 Å². The van der Waals surface area contributed by atoms with Crippen LogP contribution < -0.4 is 16.2 Å². The number of nitrogens with one attached hydrogen (secondary N) is 3. The summed E-state index contributed by atoms with van der Waals surface area (Å²) in [7, 11) is 0. The van der Waals surface area contributed by atoms with Crippen molar-refractivity contribution in [2.45, 2.75) is 23.1 Å². The van der Waals surface area contributed by atoms with Gasteiger partial charge in [-0.15, -0.1) is 10.2 Å². The van der Waals surface area contributed by atoms with E-state index in [0.717, 1.165) is 5.56 Å². The molecule has 0 aliphatic heterocycles. The van der Waals surface area contributed by atoms with Crippen molar-refractivity contribution in [2.24, 2.45) is 0 Å². The Bertz CT molecular complexity index is 918. The smallest absolute Gasteiger partial charge is 0.269 e. The number of benzene rings is 2. The Labute approximate surface area is 170 Å². The van der Waals surface area contributed by atoms with E-state index >= 15 is 0 Å². The van der Waals surface area contributed by atoms with Crippen LogP contribution in [-0.2, 0) is 11.3 Å². The van der Waals surface area contributed by atoms with E-state index in [1.165, 1.54) is 23.1 Å². The third-order valence-electron chi connectivity index (χ3n) is 3.68. The van der Waals surface area contributed by atoms with Gasteiger partial charge in [0.25, 0.3) is 11.8 Å². The van der Waals surface area contributed by atoms with Gasteiger partial charge in [0.2, 0.25) is 5.13 Å². The number of thioether (sulfide) groups is 1. The van der Waals surface area contributed by atoms with E-state index in [1.807, 2.05) is 36.4 Å². The van der Waals surface area contributed by atoms with Crippen molar-refractivity contribution in [3.8, 4) is 0 Å². The molecule has 3 N–H and O–H groups in total. The van der Waals surface area contributed by atoms with Crippen molar-refractivity contribution in [3.05, 3.63) is 71.8 Å². The van der Waals surface area contributed by atoms with Gasteiger partial charge in [-0.25, -0.2) is 0 Å². The Kier molecular flexibility index (Phi) is 6.99. The number of rotatable bonds is 7. The van der Waals surface area contributed by atoms with Crippen LogP contribution >= 0.6 is 23.1 Å². The summed E-state index contributed by atoms with van der Waals surface area (Å²) in [6.07, 6.45) is 0. The van der Waals surface area contributed by atoms with Crippen molar-refractivity contribution in [2.75, 3.05) is 5.32 Å². The molecule has 0 spiro atoms. The molecule has 9 heteroatoms. The van der Waals surface area contributed by atoms with E-state index < -0.39 is 5.25 Å². The van der Waals surface area contributed by atoms with Gasteiger partial charge in [0.05, 0.1) is 5.25 Å². The number of carbonyl (C=O) groups is 2. The minimum absolute atomic E-state index is 0.316. The molecule has 0 aliphatic carbocycles. The summed E-state index contributed by atoms with van der Waals surface area (Å²) in [5.74, 6) is -0.683. The lowest BCUT2D eigenvalue weighted by Gasteiger charge is -2.11. The number of nitrogens with zero attached hydrogens (tertiary/aromatic N) is 2. The average Bonchev–Trinajstić information content (AvgIpc) is 3.19. The highest BCUT2D eigenvalue weighted by atomic mass is 32.2. The second-order valence-corrected chi connectivity index (χ2v) is 8.35. The van der Waals surface area contributed by atoms with Gasteiger partial charge >= 0.3 is 0 Å². The number of amides is 2. The molecule has 3 aromatic rings. The highest BCUT2D eigenvalue weighted by Crippen LogP contribution is 2.29. The van der Waals surface area contributed by atoms with E-state index in [4.69, 9.17) is 0 Å². The lowest BCUT2D eigenvalue weighted by Crippen LogP contribution is -2.44. The summed E-state index contributed by atoms with van der Waals surface area (Å²) < 4.78 is 0.674. The first-order valence-corrected chi connectivity index (χ1v) is 10.2. The van der Waals surface area contributed by atoms with Crippen molar-refractivity contribution in [3.63, 3.8) is 0 Å². The lowest BCUT2D eigenvalue weighted by molar-refractivity contribution is -0.121. The fourth-order valence-corrected chi connectivity index (χ4v) is 4.08. The van der Waals surface area contributed by atoms with Crippen LogP contribution in [0.1, 0.15) is 22.8 Å². The van der Waals surface area contributed by atoms with E-state index in [2.05, 4.69) is 26.4 Å². The zero-order valence-corrected chi connectivity index (χ0v) is 16.7. The zero-order valence-electron chi connectivity index (χ0n) is 15.1. The molecule has 0 unspecified atom stereocenters. The first kappa shape index (κ1) is 19.8. The normalized spacial score (nSPS) is 11.5. The van der Waals surface area contributed by atoms with Crippen LogP contribution in [0.15, 0.2) is 65.0 Å². The van der Waals surface area contributed by atoms with Gasteiger partial charge in [-0.2, -0.15) is 0 Å². The number of aromatic nitrogens is 2. The minimum Gasteiger partial charge on any atom is -0.356 e. The molecule has 0 saturated heterocycles. The summed E-state index contributed by atoms with van der Waals surface area (Å²) in [4.78, 5) is 24.2. The fourth-order valence-electron chi connectivity index (χ4n) is 2.19. The molecule has 0 fully saturated rings. The summed E-state index contributed by atoms with van der Waals surface area (Å²) in [6.45, 7) is 2.40. The first-order chi connectivity index (χ1) is 13.6. The molecule has 2 aromatic carbocycles. The van der Waals surface area contributed by atoms with E-state index in [0.29, 0.717) is 21.6 Å². The predicted octanol–water partition coefficient (Wildman–Crippen LogP) is 3.09. The number of hydrogen-bond donors (Lipinski definition) is 3. The Morgan fingerprint density at radius 2 is 1.68 bits per heavy atom. The SMILES string of the molecule is C[C@H](Sc1nnc(NCc2ccccc2)s1)C(=O)NNC(=O)c1ccccc1. The van der Waals surface area contributed by atoms with Crippen molar-refractivity contribution in [1.82, 2.24) is 21.0 Å². The van der Waals surface area contributed by atoms with Crippen LogP contribution in [0.3, 0.4) is 0 Å². The third-order valence-corrected chi connectivity index (χ3v) is 5.74. The van der Waals surface area contributed by atoms with Gasteiger partial charge in [0.15, 0.2) is 4.34 Å². The van der Waals surface area contributed by atoms with Crippen molar-refractivity contribution in [1.29, 1.82) is 0 Å². The summed E-state index contributed by atoms with van der Waals surface area (Å²) in [6, 6.07) is 18.7. The number of hydrazine groups is 1. The highest BCUT2D eigenvalue weighted by molar-refractivity contribution is 8.02. The summed E-state index contributed by atoms with van der Waals surface area (Å²) >= 11 is 2.66. The quantitative estimate of drug-likeness (QED) is 0.407. The number of anilines is 1. The molecule has 7 nitrogen and oxygen atoms in total. The Balaban J connectivity index is 1.45. The van der Waals surface area contributed by atoms with Crippen LogP contribution in [0.25, 0.3) is 0 Å². The predicted molar refractivity (Wildman–Crippen MR) is 111 cm³/mol. The second kappa shape index (κ2) is 9.86. The van der Waals surface area contributed by atoms with E-state index in [1.54, 1.807) is 31.2 Å². The maximum atomic E-state index is 12.2. The molecule has 144 valence electrons. The topological polar surface area (TPSA) is 96.0 Å². The molecule has 1 aromatic heterocycles. The first-order valence-electron chi connectivity index (χ1n) is 8.55. The number of carbonyl (C=O) groups excluding carboxylic acids is 2. The molecule has 1 heterocycles. The van der Waals surface area contributed by atoms with Gasteiger partial charge in [-0.3, -0.25) is 20.4 Å². The van der Waals surface area contributed by atoms with Gasteiger partial charge in [0, 0.05) is 12.1 Å². The van der Waals surface area contributed by atoms with Crippen LogP contribution in [-0.4, -0.2) is 27.3 Å². The number of hydrogen-bond acceptors (Lipinski definition) is 7. The Morgan fingerprint density at radius 3 is 2.39 bits per heavy atom. The van der Waals surface area contributed by atoms with Crippen molar-refractivity contribution < 1.29 is 9.59 Å². The molecule has 28 heavy (non-hydrogen) atoms. The molecular weight excluding hydrogens is 394 g/mol. The van der Waals surface area contributed by atoms with Gasteiger partial charge in [-0.05, 0) is 24.6 Å². The van der Waals surface area contributed by atoms with Crippen LogP contribution in [0.2, 0.25) is 0 Å². The zero-order chi connectivity index (χ0) is 19.8. The minimum atomic E-state index is -0.439. The Hall–Kier alpha value is -2.91. The largest absolute Gasteiger partial charge is 0.356 e. The Morgan fingerprint density at radius 1 is 1.00 bits per heavy atom. The standard InChI is InChI=1S/C19H19N5O2S2/c1-13(16(25)21-22-17(26)15-10-6-3-7-11-15)27-19-24-23-18(28-19)20-12-14-8-4-2-5-9-14/h2-11,13H,12H2,1H3,(H,20,23)(H,21,25)(H,22,26)/t13-/m0/s1. The molecule has 3 rings (SSSR count). The molecule has 0 radical (unpaired) electrons. The molecule has 1 atom stereocenters. The molecule has 2 amide bonds.